The molecule has 3 rings (SSSR count). The molecule has 2 aliphatic heterocycles. The van der Waals surface area contributed by atoms with E-state index in [1.165, 1.54) is 5.56 Å². The minimum atomic E-state index is -0.509. The standard InChI is InChI=1S/C20H31N3O4/c1-2-7-22-20(25)10-17-3-4-18-19(27-17)14-26-13-16(24)12-23(18)11-15-5-8-21-9-6-15/h5-6,8-9,16-19,24H,2-4,7,10-14H2,1H3,(H,22,25)/t16-,17-,18-,19+/m0/s1. The van der Waals surface area contributed by atoms with Crippen LogP contribution in [0.1, 0.15) is 38.2 Å². The maximum atomic E-state index is 12.0. The molecule has 27 heavy (non-hydrogen) atoms. The maximum Gasteiger partial charge on any atom is 0.222 e. The molecule has 7 heteroatoms. The van der Waals surface area contributed by atoms with Crippen molar-refractivity contribution in [1.82, 2.24) is 15.2 Å². The lowest BCUT2D eigenvalue weighted by Crippen LogP contribution is -2.55. The lowest BCUT2D eigenvalue weighted by molar-refractivity contribution is -0.158. The summed E-state index contributed by atoms with van der Waals surface area (Å²) in [6.07, 6.45) is 6.01. The third-order valence-corrected chi connectivity index (χ3v) is 5.21. The number of β-amino-alcohol motifs (C(OH)–C–C–N with tert-alkyl or cyclic N) is 1. The van der Waals surface area contributed by atoms with Crippen molar-refractivity contribution >= 4 is 5.91 Å². The summed E-state index contributed by atoms with van der Waals surface area (Å²) in [4.78, 5) is 18.4. The van der Waals surface area contributed by atoms with Crippen LogP contribution in [0.25, 0.3) is 0 Å². The zero-order chi connectivity index (χ0) is 19.1. The Bertz CT molecular complexity index is 586. The summed E-state index contributed by atoms with van der Waals surface area (Å²) in [6, 6.07) is 4.17. The van der Waals surface area contributed by atoms with Crippen molar-refractivity contribution in [2.75, 3.05) is 26.3 Å². The van der Waals surface area contributed by atoms with Gasteiger partial charge in [0.1, 0.15) is 0 Å². The fourth-order valence-corrected chi connectivity index (χ4v) is 3.89. The number of pyridine rings is 1. The van der Waals surface area contributed by atoms with Crippen molar-refractivity contribution in [2.24, 2.45) is 0 Å². The first-order chi connectivity index (χ1) is 13.2. The predicted molar refractivity (Wildman–Crippen MR) is 101 cm³/mol. The number of aliphatic hydroxyl groups excluding tert-OH is 1. The molecule has 7 nitrogen and oxygen atoms in total. The summed E-state index contributed by atoms with van der Waals surface area (Å²) < 4.78 is 11.9. The van der Waals surface area contributed by atoms with Gasteiger partial charge in [0.15, 0.2) is 0 Å². The predicted octanol–water partition coefficient (Wildman–Crippen LogP) is 1.11. The highest BCUT2D eigenvalue weighted by Gasteiger charge is 2.37. The van der Waals surface area contributed by atoms with Crippen LogP contribution in [0.5, 0.6) is 0 Å². The SMILES string of the molecule is CCCNC(=O)C[C@@H]1CC[C@H]2[C@@H](COC[C@@H](O)CN2Cc2ccncc2)O1. The molecule has 0 aromatic carbocycles. The lowest BCUT2D eigenvalue weighted by Gasteiger charge is -2.44. The quantitative estimate of drug-likeness (QED) is 0.773. The summed E-state index contributed by atoms with van der Waals surface area (Å²) >= 11 is 0. The molecular weight excluding hydrogens is 346 g/mol. The van der Waals surface area contributed by atoms with Crippen LogP contribution in [0.15, 0.2) is 24.5 Å². The highest BCUT2D eigenvalue weighted by Crippen LogP contribution is 2.28. The molecule has 2 aliphatic rings. The zero-order valence-corrected chi connectivity index (χ0v) is 16.0. The molecule has 0 saturated carbocycles. The van der Waals surface area contributed by atoms with Crippen molar-refractivity contribution in [3.05, 3.63) is 30.1 Å². The van der Waals surface area contributed by atoms with E-state index in [2.05, 4.69) is 15.2 Å². The van der Waals surface area contributed by atoms with E-state index < -0.39 is 6.10 Å². The average molecular weight is 377 g/mol. The van der Waals surface area contributed by atoms with Gasteiger partial charge in [0.2, 0.25) is 5.91 Å². The summed E-state index contributed by atoms with van der Waals surface area (Å²) in [5, 5.41) is 13.2. The number of ether oxygens (including phenoxy) is 2. The largest absolute Gasteiger partial charge is 0.389 e. The molecule has 150 valence electrons. The molecule has 0 unspecified atom stereocenters. The van der Waals surface area contributed by atoms with Crippen molar-refractivity contribution in [2.45, 2.75) is 63.5 Å². The van der Waals surface area contributed by atoms with Gasteiger partial charge >= 0.3 is 0 Å². The number of rotatable bonds is 6. The van der Waals surface area contributed by atoms with Crippen molar-refractivity contribution in [1.29, 1.82) is 0 Å². The topological polar surface area (TPSA) is 83.9 Å². The molecule has 2 fully saturated rings. The van der Waals surface area contributed by atoms with Crippen LogP contribution in [0, 0.1) is 0 Å². The molecule has 4 atom stereocenters. The third-order valence-electron chi connectivity index (χ3n) is 5.21. The number of carbonyl (C=O) groups excluding carboxylic acids is 1. The third kappa shape index (κ3) is 5.97. The van der Waals surface area contributed by atoms with E-state index in [4.69, 9.17) is 9.47 Å². The Kier molecular flexibility index (Phi) is 7.58. The van der Waals surface area contributed by atoms with Gasteiger partial charge in [0.05, 0.1) is 37.9 Å². The number of aromatic nitrogens is 1. The summed E-state index contributed by atoms with van der Waals surface area (Å²) in [5.74, 6) is 0.0520. The number of hydrogen-bond acceptors (Lipinski definition) is 6. The van der Waals surface area contributed by atoms with Gasteiger partial charge in [-0.3, -0.25) is 14.7 Å². The van der Waals surface area contributed by atoms with Gasteiger partial charge in [-0.15, -0.1) is 0 Å². The number of aliphatic hydroxyl groups is 1. The fraction of sp³-hybridized carbons (Fsp3) is 0.700. The van der Waals surface area contributed by atoms with Crippen LogP contribution in [-0.2, 0) is 20.8 Å². The van der Waals surface area contributed by atoms with Crippen LogP contribution in [-0.4, -0.2) is 71.6 Å². The number of hydrogen-bond donors (Lipinski definition) is 2. The van der Waals surface area contributed by atoms with E-state index in [0.29, 0.717) is 32.7 Å². The van der Waals surface area contributed by atoms with Gasteiger partial charge in [-0.1, -0.05) is 6.92 Å². The highest BCUT2D eigenvalue weighted by molar-refractivity contribution is 5.76. The molecule has 2 saturated heterocycles. The molecular formula is C20H31N3O4. The Morgan fingerprint density at radius 2 is 2.15 bits per heavy atom. The Balaban J connectivity index is 1.63. The molecule has 0 spiro atoms. The molecule has 3 heterocycles. The monoisotopic (exact) mass is 377 g/mol. The zero-order valence-electron chi connectivity index (χ0n) is 16.0. The first-order valence-corrected chi connectivity index (χ1v) is 9.96. The van der Waals surface area contributed by atoms with Crippen LogP contribution < -0.4 is 5.32 Å². The van der Waals surface area contributed by atoms with Crippen molar-refractivity contribution in [3.8, 4) is 0 Å². The second-order valence-corrected chi connectivity index (χ2v) is 7.47. The number of amides is 1. The van der Waals surface area contributed by atoms with Crippen molar-refractivity contribution < 1.29 is 19.4 Å². The van der Waals surface area contributed by atoms with Crippen molar-refractivity contribution in [3.63, 3.8) is 0 Å². The molecule has 1 aromatic heterocycles. The Labute approximate surface area is 161 Å². The summed E-state index contributed by atoms with van der Waals surface area (Å²) in [6.45, 7) is 4.79. The van der Waals surface area contributed by atoms with E-state index in [-0.39, 0.29) is 24.2 Å². The number of carbonyl (C=O) groups is 1. The maximum absolute atomic E-state index is 12.0. The van der Waals surface area contributed by atoms with E-state index in [1.54, 1.807) is 12.4 Å². The minimum absolute atomic E-state index is 0.0520. The molecule has 0 bridgehead atoms. The highest BCUT2D eigenvalue weighted by atomic mass is 16.5. The van der Waals surface area contributed by atoms with Gasteiger partial charge in [0, 0.05) is 38.1 Å². The molecule has 2 N–H and O–H groups in total. The lowest BCUT2D eigenvalue weighted by atomic mass is 9.94. The number of nitrogens with zero attached hydrogens (tertiary/aromatic N) is 2. The Hall–Kier alpha value is -1.54. The van der Waals surface area contributed by atoms with Crippen LogP contribution in [0.2, 0.25) is 0 Å². The van der Waals surface area contributed by atoms with Gasteiger partial charge in [-0.05, 0) is 37.0 Å². The average Bonchev–Trinajstić information content (AvgIpc) is 2.66. The fourth-order valence-electron chi connectivity index (χ4n) is 3.89. The molecule has 0 aliphatic carbocycles. The molecule has 1 aromatic rings. The van der Waals surface area contributed by atoms with E-state index in [9.17, 15) is 9.90 Å². The summed E-state index contributed by atoms with van der Waals surface area (Å²) in [7, 11) is 0. The van der Waals surface area contributed by atoms with E-state index in [0.717, 1.165) is 25.8 Å². The van der Waals surface area contributed by atoms with Gasteiger partial charge in [-0.2, -0.15) is 0 Å². The van der Waals surface area contributed by atoms with E-state index in [1.807, 2.05) is 19.1 Å². The summed E-state index contributed by atoms with van der Waals surface area (Å²) in [5.41, 5.74) is 1.17. The van der Waals surface area contributed by atoms with E-state index >= 15 is 0 Å². The van der Waals surface area contributed by atoms with Crippen LogP contribution in [0.3, 0.4) is 0 Å². The van der Waals surface area contributed by atoms with Crippen LogP contribution in [0.4, 0.5) is 0 Å². The smallest absolute Gasteiger partial charge is 0.222 e. The Morgan fingerprint density at radius 1 is 1.33 bits per heavy atom. The second-order valence-electron chi connectivity index (χ2n) is 7.47. The first kappa shape index (κ1) is 20.2. The molecule has 0 radical (unpaired) electrons. The van der Waals surface area contributed by atoms with Crippen LogP contribution >= 0.6 is 0 Å². The normalized spacial score (nSPS) is 29.4. The van der Waals surface area contributed by atoms with Gasteiger partial charge in [0.25, 0.3) is 0 Å². The van der Waals surface area contributed by atoms with Gasteiger partial charge in [-0.25, -0.2) is 0 Å². The number of nitrogens with one attached hydrogen (secondary N) is 1. The minimum Gasteiger partial charge on any atom is -0.389 e. The molecule has 1 amide bonds. The van der Waals surface area contributed by atoms with Gasteiger partial charge < -0.3 is 19.9 Å². The Morgan fingerprint density at radius 3 is 2.93 bits per heavy atom. The first-order valence-electron chi connectivity index (χ1n) is 9.96. The second kappa shape index (κ2) is 10.1. The number of fused-ring (bicyclic) bond motifs is 1.